The molecule has 0 spiro atoms. The van der Waals surface area contributed by atoms with E-state index in [0.717, 1.165) is 0 Å². The first-order valence-corrected chi connectivity index (χ1v) is 7.88. The molecule has 4 aliphatic rings. The molecule has 3 aliphatic heterocycles. The Morgan fingerprint density at radius 1 is 0.857 bits per heavy atom. The van der Waals surface area contributed by atoms with Crippen molar-refractivity contribution in [1.82, 2.24) is 0 Å². The van der Waals surface area contributed by atoms with Crippen LogP contribution in [0.2, 0.25) is 0 Å². The first-order chi connectivity index (χ1) is 9.76. The number of fused-ring (bicyclic) bond motifs is 3. The van der Waals surface area contributed by atoms with Crippen LogP contribution in [-0.2, 0) is 23.7 Å². The molecule has 6 heteroatoms. The van der Waals surface area contributed by atoms with Gasteiger partial charge in [-0.2, -0.15) is 0 Å². The van der Waals surface area contributed by atoms with Crippen molar-refractivity contribution in [3.8, 4) is 0 Å². The first kappa shape index (κ1) is 14.4. The van der Waals surface area contributed by atoms with Gasteiger partial charge in [0, 0.05) is 6.04 Å². The standard InChI is InChI=1S/C15H25NO5/c1-14(2)18-10-9(8(16)7-5-6-7)17-13-12(11(10)19-14)20-15(3,4)21-13/h7-13H,5-6,16H2,1-4H3/t8-,9-,10+,11+,12-,13-/m1/s1. The van der Waals surface area contributed by atoms with E-state index in [4.69, 9.17) is 29.4 Å². The van der Waals surface area contributed by atoms with Gasteiger partial charge in [0.2, 0.25) is 0 Å². The minimum atomic E-state index is -0.672. The van der Waals surface area contributed by atoms with Crippen molar-refractivity contribution in [2.45, 2.75) is 88.9 Å². The summed E-state index contributed by atoms with van der Waals surface area (Å²) in [5.41, 5.74) is 6.39. The Morgan fingerprint density at radius 3 is 2.10 bits per heavy atom. The molecular weight excluding hydrogens is 274 g/mol. The summed E-state index contributed by atoms with van der Waals surface area (Å²) in [5.74, 6) is -0.797. The molecule has 0 unspecified atom stereocenters. The Morgan fingerprint density at radius 2 is 1.43 bits per heavy atom. The summed E-state index contributed by atoms with van der Waals surface area (Å²) < 4.78 is 30.1. The average molecular weight is 299 g/mol. The third-order valence-electron chi connectivity index (χ3n) is 4.74. The lowest BCUT2D eigenvalue weighted by Gasteiger charge is -2.40. The van der Waals surface area contributed by atoms with Gasteiger partial charge >= 0.3 is 0 Å². The van der Waals surface area contributed by atoms with Crippen LogP contribution in [0.25, 0.3) is 0 Å². The molecular formula is C15H25NO5. The van der Waals surface area contributed by atoms with Gasteiger partial charge in [0.05, 0.1) is 0 Å². The Hall–Kier alpha value is -0.240. The highest BCUT2D eigenvalue weighted by Crippen LogP contribution is 2.46. The maximum Gasteiger partial charge on any atom is 0.190 e. The van der Waals surface area contributed by atoms with Gasteiger partial charge in [0.1, 0.15) is 24.4 Å². The van der Waals surface area contributed by atoms with Crippen LogP contribution in [0.4, 0.5) is 0 Å². The summed E-state index contributed by atoms with van der Waals surface area (Å²) in [6.45, 7) is 7.61. The summed E-state index contributed by atoms with van der Waals surface area (Å²) in [7, 11) is 0. The number of nitrogens with two attached hydrogens (primary N) is 1. The van der Waals surface area contributed by atoms with E-state index < -0.39 is 17.9 Å². The van der Waals surface area contributed by atoms with E-state index >= 15 is 0 Å². The molecule has 2 N–H and O–H groups in total. The topological polar surface area (TPSA) is 72.2 Å². The van der Waals surface area contributed by atoms with E-state index in [1.165, 1.54) is 12.8 Å². The molecule has 0 aromatic rings. The van der Waals surface area contributed by atoms with Crippen LogP contribution in [0, 0.1) is 5.92 Å². The molecule has 0 aromatic carbocycles. The highest BCUT2D eigenvalue weighted by molar-refractivity contribution is 5.05. The molecule has 6 atom stereocenters. The maximum atomic E-state index is 6.39. The van der Waals surface area contributed by atoms with E-state index in [1.54, 1.807) is 0 Å². The van der Waals surface area contributed by atoms with E-state index in [2.05, 4.69) is 0 Å². The maximum absolute atomic E-state index is 6.39. The molecule has 1 saturated carbocycles. The van der Waals surface area contributed by atoms with Gasteiger partial charge in [-0.1, -0.05) is 0 Å². The average Bonchev–Trinajstić information content (AvgIpc) is 3.08. The zero-order valence-corrected chi connectivity index (χ0v) is 13.1. The van der Waals surface area contributed by atoms with Gasteiger partial charge in [-0.25, -0.2) is 0 Å². The molecule has 0 aromatic heterocycles. The number of rotatable bonds is 2. The molecule has 0 bridgehead atoms. The van der Waals surface area contributed by atoms with Crippen LogP contribution in [0.1, 0.15) is 40.5 Å². The van der Waals surface area contributed by atoms with Crippen molar-refractivity contribution < 1.29 is 23.7 Å². The zero-order chi connectivity index (χ0) is 15.0. The highest BCUT2D eigenvalue weighted by atomic mass is 16.9. The Bertz CT molecular complexity index is 425. The summed E-state index contributed by atoms with van der Waals surface area (Å²) >= 11 is 0. The monoisotopic (exact) mass is 299 g/mol. The van der Waals surface area contributed by atoms with Crippen molar-refractivity contribution in [2.75, 3.05) is 0 Å². The van der Waals surface area contributed by atoms with Crippen LogP contribution < -0.4 is 5.73 Å². The fourth-order valence-corrected chi connectivity index (χ4v) is 3.70. The number of hydrogen-bond acceptors (Lipinski definition) is 6. The fraction of sp³-hybridized carbons (Fsp3) is 1.00. The van der Waals surface area contributed by atoms with Gasteiger partial charge in [0.25, 0.3) is 0 Å². The zero-order valence-electron chi connectivity index (χ0n) is 13.1. The van der Waals surface area contributed by atoms with E-state index in [0.29, 0.717) is 5.92 Å². The van der Waals surface area contributed by atoms with Crippen LogP contribution in [0.5, 0.6) is 0 Å². The van der Waals surface area contributed by atoms with Gasteiger partial charge in [-0.15, -0.1) is 0 Å². The van der Waals surface area contributed by atoms with Crippen molar-refractivity contribution in [2.24, 2.45) is 11.7 Å². The Kier molecular flexibility index (Phi) is 3.01. The summed E-state index contributed by atoms with van der Waals surface area (Å²) in [6, 6.07) is -0.0386. The summed E-state index contributed by atoms with van der Waals surface area (Å²) in [5, 5.41) is 0. The summed E-state index contributed by atoms with van der Waals surface area (Å²) in [4.78, 5) is 0. The summed E-state index contributed by atoms with van der Waals surface area (Å²) in [6.07, 6.45) is 1.02. The third kappa shape index (κ3) is 2.42. The molecule has 0 radical (unpaired) electrons. The van der Waals surface area contributed by atoms with Crippen LogP contribution >= 0.6 is 0 Å². The third-order valence-corrected chi connectivity index (χ3v) is 4.74. The number of hydrogen-bond donors (Lipinski definition) is 1. The van der Waals surface area contributed by atoms with Gasteiger partial charge in [-0.3, -0.25) is 0 Å². The quantitative estimate of drug-likeness (QED) is 0.824. The highest BCUT2D eigenvalue weighted by Gasteiger charge is 2.62. The van der Waals surface area contributed by atoms with E-state index in [-0.39, 0.29) is 30.5 Å². The van der Waals surface area contributed by atoms with E-state index in [9.17, 15) is 0 Å². The minimum Gasteiger partial charge on any atom is -0.342 e. The smallest absolute Gasteiger partial charge is 0.190 e. The molecule has 3 heterocycles. The molecule has 0 amide bonds. The lowest BCUT2D eigenvalue weighted by Crippen LogP contribution is -2.60. The van der Waals surface area contributed by atoms with Crippen LogP contribution in [0.3, 0.4) is 0 Å². The lowest BCUT2D eigenvalue weighted by molar-refractivity contribution is -0.239. The van der Waals surface area contributed by atoms with Gasteiger partial charge < -0.3 is 29.4 Å². The molecule has 21 heavy (non-hydrogen) atoms. The van der Waals surface area contributed by atoms with Gasteiger partial charge in [-0.05, 0) is 46.5 Å². The largest absolute Gasteiger partial charge is 0.342 e. The van der Waals surface area contributed by atoms with Crippen molar-refractivity contribution in [1.29, 1.82) is 0 Å². The van der Waals surface area contributed by atoms with Crippen LogP contribution in [-0.4, -0.2) is 48.3 Å². The minimum absolute atomic E-state index is 0.0386. The molecule has 120 valence electrons. The van der Waals surface area contributed by atoms with Crippen molar-refractivity contribution >= 4 is 0 Å². The second-order valence-electron chi connectivity index (χ2n) is 7.55. The first-order valence-electron chi connectivity index (χ1n) is 7.88. The lowest BCUT2D eigenvalue weighted by atomic mass is 9.92. The Labute approximate surface area is 125 Å². The van der Waals surface area contributed by atoms with Crippen LogP contribution in [0.15, 0.2) is 0 Å². The molecule has 4 rings (SSSR count). The Balaban J connectivity index is 1.62. The second kappa shape index (κ2) is 4.40. The molecule has 3 saturated heterocycles. The predicted molar refractivity (Wildman–Crippen MR) is 73.2 cm³/mol. The van der Waals surface area contributed by atoms with Crippen molar-refractivity contribution in [3.05, 3.63) is 0 Å². The predicted octanol–water partition coefficient (Wildman–Crippen LogP) is 1.12. The fourth-order valence-electron chi connectivity index (χ4n) is 3.70. The van der Waals surface area contributed by atoms with Gasteiger partial charge in [0.15, 0.2) is 17.9 Å². The molecule has 1 aliphatic carbocycles. The van der Waals surface area contributed by atoms with Crippen molar-refractivity contribution in [3.63, 3.8) is 0 Å². The second-order valence-corrected chi connectivity index (χ2v) is 7.55. The molecule has 6 nitrogen and oxygen atoms in total. The molecule has 4 fully saturated rings. The SMILES string of the molecule is CC1(C)O[C@@H]2[C@H](O1)[C@H]1OC(C)(C)O[C@H]1O[C@@H]2[C@H](N)C1CC1. The normalized spacial score (nSPS) is 48.7. The number of ether oxygens (including phenoxy) is 5. The van der Waals surface area contributed by atoms with E-state index in [1.807, 2.05) is 27.7 Å².